The molecule has 184 valence electrons. The van der Waals surface area contributed by atoms with Crippen LogP contribution in [0.3, 0.4) is 0 Å². The van der Waals surface area contributed by atoms with Crippen molar-refractivity contribution >= 4 is 62.8 Å². The van der Waals surface area contributed by atoms with Gasteiger partial charge in [-0.3, -0.25) is 14.9 Å². The number of halogens is 2. The quantitative estimate of drug-likeness (QED) is 0.408. The van der Waals surface area contributed by atoms with Crippen LogP contribution < -0.4 is 10.6 Å². The summed E-state index contributed by atoms with van der Waals surface area (Å²) in [6, 6.07) is 4.76. The molecule has 1 spiro atoms. The third kappa shape index (κ3) is 5.39. The predicted octanol–water partition coefficient (Wildman–Crippen LogP) is 5.67. The standard InChI is InChI=1S/C24H24Cl2N4O3S2/c1-13(22-28-18(12-34-22)15-3-2-14(25)10-16(15)26)27-20(31)21(32)30-23-29-17-4-5-24(11-19(17)35-23)6-8-33-9-7-24/h2-3,10,12-13H,4-9,11H2,1H3,(H,27,31)(H,29,30,32). The van der Waals surface area contributed by atoms with Gasteiger partial charge in [-0.05, 0) is 62.6 Å². The molecule has 2 aromatic heterocycles. The number of anilines is 1. The minimum absolute atomic E-state index is 0.286. The normalized spacial score (nSPS) is 17.6. The Morgan fingerprint density at radius 3 is 2.71 bits per heavy atom. The highest BCUT2D eigenvalue weighted by Crippen LogP contribution is 2.45. The Morgan fingerprint density at radius 1 is 1.14 bits per heavy atom. The van der Waals surface area contributed by atoms with Crippen LogP contribution in [0.2, 0.25) is 10.0 Å². The topological polar surface area (TPSA) is 93.2 Å². The first-order valence-corrected chi connectivity index (χ1v) is 13.9. The summed E-state index contributed by atoms with van der Waals surface area (Å²) in [5.41, 5.74) is 2.76. The molecule has 2 amide bonds. The third-order valence-electron chi connectivity index (χ3n) is 6.63. The molecule has 1 saturated heterocycles. The monoisotopic (exact) mass is 550 g/mol. The zero-order valence-corrected chi connectivity index (χ0v) is 22.2. The minimum atomic E-state index is -0.735. The number of nitrogens with one attached hydrogen (secondary N) is 2. The molecular formula is C24H24Cl2N4O3S2. The summed E-state index contributed by atoms with van der Waals surface area (Å²) >= 11 is 15.1. The molecular weight excluding hydrogens is 527 g/mol. The van der Waals surface area contributed by atoms with Gasteiger partial charge in [0.05, 0.1) is 22.5 Å². The summed E-state index contributed by atoms with van der Waals surface area (Å²) in [7, 11) is 0. The van der Waals surface area contributed by atoms with E-state index in [9.17, 15) is 9.59 Å². The fraction of sp³-hybridized carbons (Fsp3) is 0.417. The van der Waals surface area contributed by atoms with Gasteiger partial charge in [0.15, 0.2) is 5.13 Å². The van der Waals surface area contributed by atoms with E-state index in [1.54, 1.807) is 25.1 Å². The van der Waals surface area contributed by atoms with Crippen LogP contribution in [0.25, 0.3) is 11.3 Å². The van der Waals surface area contributed by atoms with Gasteiger partial charge in [0.1, 0.15) is 5.01 Å². The number of hydrogen-bond acceptors (Lipinski definition) is 7. The maximum atomic E-state index is 12.6. The van der Waals surface area contributed by atoms with Crippen LogP contribution in [-0.4, -0.2) is 35.0 Å². The summed E-state index contributed by atoms with van der Waals surface area (Å²) < 4.78 is 5.54. The lowest BCUT2D eigenvalue weighted by Gasteiger charge is -2.39. The largest absolute Gasteiger partial charge is 0.381 e. The van der Waals surface area contributed by atoms with Crippen LogP contribution in [0.1, 0.15) is 47.8 Å². The van der Waals surface area contributed by atoms with Crippen molar-refractivity contribution in [2.75, 3.05) is 18.5 Å². The summed E-state index contributed by atoms with van der Waals surface area (Å²) in [6.45, 7) is 3.40. The summed E-state index contributed by atoms with van der Waals surface area (Å²) in [4.78, 5) is 35.5. The molecule has 35 heavy (non-hydrogen) atoms. The molecule has 1 unspecified atom stereocenters. The molecule has 2 N–H and O–H groups in total. The van der Waals surface area contributed by atoms with Crippen molar-refractivity contribution in [3.63, 3.8) is 0 Å². The summed E-state index contributed by atoms with van der Waals surface area (Å²) in [6.07, 6.45) is 5.08. The number of aryl methyl sites for hydroxylation is 1. The van der Waals surface area contributed by atoms with Gasteiger partial charge in [0.2, 0.25) is 0 Å². The van der Waals surface area contributed by atoms with Crippen LogP contribution in [0.4, 0.5) is 5.13 Å². The lowest BCUT2D eigenvalue weighted by molar-refractivity contribution is -0.136. The molecule has 11 heteroatoms. The van der Waals surface area contributed by atoms with Gasteiger partial charge in [0, 0.05) is 34.1 Å². The van der Waals surface area contributed by atoms with Crippen LogP contribution in [0.15, 0.2) is 23.6 Å². The van der Waals surface area contributed by atoms with Crippen molar-refractivity contribution in [1.29, 1.82) is 0 Å². The molecule has 0 saturated carbocycles. The van der Waals surface area contributed by atoms with E-state index in [4.69, 9.17) is 27.9 Å². The van der Waals surface area contributed by atoms with Crippen LogP contribution >= 0.6 is 45.9 Å². The maximum Gasteiger partial charge on any atom is 0.315 e. The molecule has 1 atom stereocenters. The number of rotatable bonds is 4. The molecule has 1 fully saturated rings. The van der Waals surface area contributed by atoms with Crippen molar-refractivity contribution in [2.24, 2.45) is 5.41 Å². The number of amides is 2. The molecule has 0 bridgehead atoms. The Kier molecular flexibility index (Phi) is 7.14. The van der Waals surface area contributed by atoms with Crippen LogP contribution in [0.5, 0.6) is 0 Å². The Hall–Kier alpha value is -2.04. The Morgan fingerprint density at radius 2 is 1.94 bits per heavy atom. The minimum Gasteiger partial charge on any atom is -0.381 e. The van der Waals surface area contributed by atoms with Gasteiger partial charge >= 0.3 is 11.8 Å². The van der Waals surface area contributed by atoms with E-state index in [-0.39, 0.29) is 5.41 Å². The Bertz CT molecular complexity index is 1270. The SMILES string of the molecule is CC(NC(=O)C(=O)Nc1nc2c(s1)CC1(CCOCC1)CC2)c1nc(-c2ccc(Cl)cc2Cl)cs1. The lowest BCUT2D eigenvalue weighted by Crippen LogP contribution is -2.36. The average Bonchev–Trinajstić information content (AvgIpc) is 3.46. The van der Waals surface area contributed by atoms with Crippen molar-refractivity contribution in [1.82, 2.24) is 15.3 Å². The van der Waals surface area contributed by atoms with Gasteiger partial charge < -0.3 is 10.1 Å². The molecule has 7 nitrogen and oxygen atoms in total. The van der Waals surface area contributed by atoms with E-state index >= 15 is 0 Å². The number of hydrogen-bond donors (Lipinski definition) is 2. The molecule has 1 aliphatic carbocycles. The number of benzene rings is 1. The number of fused-ring (bicyclic) bond motifs is 1. The fourth-order valence-electron chi connectivity index (χ4n) is 4.60. The Balaban J connectivity index is 1.20. The second-order valence-corrected chi connectivity index (χ2v) is 11.8. The van der Waals surface area contributed by atoms with Gasteiger partial charge in [-0.1, -0.05) is 23.2 Å². The molecule has 3 aromatic rings. The van der Waals surface area contributed by atoms with Crippen molar-refractivity contribution in [2.45, 2.75) is 45.1 Å². The first-order chi connectivity index (χ1) is 16.8. The molecule has 2 aliphatic rings. The van der Waals surface area contributed by atoms with E-state index in [1.807, 2.05) is 5.38 Å². The first-order valence-electron chi connectivity index (χ1n) is 11.4. The maximum absolute atomic E-state index is 12.6. The number of ether oxygens (including phenoxy) is 1. The lowest BCUT2D eigenvalue weighted by atomic mass is 9.70. The summed E-state index contributed by atoms with van der Waals surface area (Å²) in [5, 5.41) is 9.44. The van der Waals surface area contributed by atoms with Gasteiger partial charge in [0.25, 0.3) is 0 Å². The van der Waals surface area contributed by atoms with Crippen LogP contribution in [0, 0.1) is 5.41 Å². The zero-order valence-electron chi connectivity index (χ0n) is 19.0. The molecule has 1 aliphatic heterocycles. The molecule has 3 heterocycles. The van der Waals surface area contributed by atoms with Gasteiger partial charge in [-0.2, -0.15) is 0 Å². The number of carbonyl (C=O) groups is 2. The van der Waals surface area contributed by atoms with E-state index < -0.39 is 17.9 Å². The predicted molar refractivity (Wildman–Crippen MR) is 139 cm³/mol. The first kappa shape index (κ1) is 24.6. The van der Waals surface area contributed by atoms with E-state index in [0.29, 0.717) is 25.9 Å². The average molecular weight is 552 g/mol. The number of aromatic nitrogens is 2. The number of carbonyl (C=O) groups excluding carboxylic acids is 2. The fourth-order valence-corrected chi connectivity index (χ4v) is 7.11. The molecule has 5 rings (SSSR count). The number of thiazole rings is 2. The van der Waals surface area contributed by atoms with Crippen molar-refractivity contribution in [3.8, 4) is 11.3 Å². The third-order valence-corrected chi connectivity index (χ3v) is 9.22. The highest BCUT2D eigenvalue weighted by Gasteiger charge is 2.37. The van der Waals surface area contributed by atoms with Crippen LogP contribution in [-0.2, 0) is 27.2 Å². The second kappa shape index (κ2) is 10.1. The summed E-state index contributed by atoms with van der Waals surface area (Å²) in [5.74, 6) is -1.46. The van der Waals surface area contributed by atoms with Gasteiger partial charge in [-0.25, -0.2) is 9.97 Å². The number of nitrogens with zero attached hydrogens (tertiary/aromatic N) is 2. The van der Waals surface area contributed by atoms with E-state index in [2.05, 4.69) is 20.6 Å². The van der Waals surface area contributed by atoms with E-state index in [1.165, 1.54) is 27.6 Å². The highest BCUT2D eigenvalue weighted by molar-refractivity contribution is 7.16. The molecule has 0 radical (unpaired) electrons. The molecule has 1 aromatic carbocycles. The highest BCUT2D eigenvalue weighted by atomic mass is 35.5. The van der Waals surface area contributed by atoms with Gasteiger partial charge in [-0.15, -0.1) is 22.7 Å². The smallest absolute Gasteiger partial charge is 0.315 e. The van der Waals surface area contributed by atoms with Crippen molar-refractivity contribution in [3.05, 3.63) is 49.2 Å². The van der Waals surface area contributed by atoms with E-state index in [0.717, 1.165) is 56.6 Å². The second-order valence-electron chi connectivity index (χ2n) is 9.02. The zero-order chi connectivity index (χ0) is 24.6. The van der Waals surface area contributed by atoms with Crippen molar-refractivity contribution < 1.29 is 14.3 Å². The Labute approximate surface area is 221 Å².